The molecule has 0 saturated carbocycles. The molecule has 1 amide bonds. The number of hydrogen-bond acceptors (Lipinski definition) is 6. The molecular weight excluding hydrogens is 406 g/mol. The first-order valence-corrected chi connectivity index (χ1v) is 12.4. The maximum absolute atomic E-state index is 13.0. The number of benzene rings is 1. The van der Waals surface area contributed by atoms with Crippen LogP contribution in [0.5, 0.6) is 0 Å². The van der Waals surface area contributed by atoms with Gasteiger partial charge in [-0.1, -0.05) is 43.7 Å². The number of hydrogen-bond donors (Lipinski definition) is 1. The Balaban J connectivity index is 1.52. The van der Waals surface area contributed by atoms with Crippen molar-refractivity contribution in [2.24, 2.45) is 0 Å². The maximum Gasteiger partial charge on any atom is 0.242 e. The highest BCUT2D eigenvalue weighted by molar-refractivity contribution is 7.09. The van der Waals surface area contributed by atoms with Crippen molar-refractivity contribution < 1.29 is 4.79 Å². The van der Waals surface area contributed by atoms with Crippen molar-refractivity contribution >= 4 is 22.6 Å². The highest BCUT2D eigenvalue weighted by atomic mass is 32.1. The zero-order valence-electron chi connectivity index (χ0n) is 19.4. The SMILES string of the molecule is CCN(CC)CCCC(C)NC(=O)C1CCCN1c1nc(Cc2ccc(C)cc2)ns1. The fraction of sp³-hybridized carbons (Fsp3) is 0.625. The molecule has 0 aliphatic carbocycles. The van der Waals surface area contributed by atoms with Gasteiger partial charge in [0.25, 0.3) is 0 Å². The van der Waals surface area contributed by atoms with Crippen LogP contribution < -0.4 is 10.2 Å². The summed E-state index contributed by atoms with van der Waals surface area (Å²) in [4.78, 5) is 22.3. The third-order valence-electron chi connectivity index (χ3n) is 6.14. The van der Waals surface area contributed by atoms with Crippen molar-refractivity contribution in [3.8, 4) is 0 Å². The number of carbonyl (C=O) groups is 1. The zero-order chi connectivity index (χ0) is 22.2. The number of nitrogens with zero attached hydrogens (tertiary/aromatic N) is 4. The van der Waals surface area contributed by atoms with Gasteiger partial charge in [-0.15, -0.1) is 0 Å². The minimum absolute atomic E-state index is 0.128. The van der Waals surface area contributed by atoms with Gasteiger partial charge >= 0.3 is 0 Å². The normalized spacial score (nSPS) is 17.3. The highest BCUT2D eigenvalue weighted by Crippen LogP contribution is 2.28. The van der Waals surface area contributed by atoms with Gasteiger partial charge in [0.1, 0.15) is 11.9 Å². The molecule has 0 spiro atoms. The molecule has 0 radical (unpaired) electrons. The van der Waals surface area contributed by atoms with Crippen molar-refractivity contribution in [1.29, 1.82) is 0 Å². The van der Waals surface area contributed by atoms with Gasteiger partial charge in [-0.25, -0.2) is 4.98 Å². The number of amides is 1. The molecule has 2 aromatic rings. The third kappa shape index (κ3) is 6.74. The summed E-state index contributed by atoms with van der Waals surface area (Å²) < 4.78 is 4.56. The van der Waals surface area contributed by atoms with Crippen molar-refractivity contribution in [3.63, 3.8) is 0 Å². The molecule has 1 fully saturated rings. The topological polar surface area (TPSA) is 61.4 Å². The molecule has 6 nitrogen and oxygen atoms in total. The van der Waals surface area contributed by atoms with Crippen LogP contribution in [0.1, 0.15) is 63.4 Å². The molecule has 31 heavy (non-hydrogen) atoms. The first-order chi connectivity index (χ1) is 15.0. The number of nitrogens with one attached hydrogen (secondary N) is 1. The maximum atomic E-state index is 13.0. The van der Waals surface area contributed by atoms with E-state index in [0.717, 1.165) is 69.2 Å². The lowest BCUT2D eigenvalue weighted by molar-refractivity contribution is -0.122. The third-order valence-corrected chi connectivity index (χ3v) is 6.93. The van der Waals surface area contributed by atoms with E-state index in [0.29, 0.717) is 0 Å². The monoisotopic (exact) mass is 443 g/mol. The lowest BCUT2D eigenvalue weighted by Crippen LogP contribution is -2.46. The van der Waals surface area contributed by atoms with E-state index in [9.17, 15) is 4.79 Å². The molecule has 2 unspecified atom stereocenters. The van der Waals surface area contributed by atoms with Crippen LogP contribution in [-0.4, -0.2) is 58.4 Å². The Morgan fingerprint density at radius 2 is 2.03 bits per heavy atom. The second-order valence-electron chi connectivity index (χ2n) is 8.59. The van der Waals surface area contributed by atoms with E-state index in [-0.39, 0.29) is 18.0 Å². The molecule has 1 aliphatic heterocycles. The molecule has 1 saturated heterocycles. The molecular formula is C24H37N5OS. The smallest absolute Gasteiger partial charge is 0.242 e. The van der Waals surface area contributed by atoms with E-state index in [4.69, 9.17) is 4.98 Å². The predicted octanol–water partition coefficient (Wildman–Crippen LogP) is 4.03. The van der Waals surface area contributed by atoms with Crippen LogP contribution in [0.15, 0.2) is 24.3 Å². The average Bonchev–Trinajstić information content (AvgIpc) is 3.42. The van der Waals surface area contributed by atoms with Crippen molar-refractivity contribution in [1.82, 2.24) is 19.6 Å². The number of rotatable bonds is 11. The summed E-state index contributed by atoms with van der Waals surface area (Å²) in [5.74, 6) is 0.961. The van der Waals surface area contributed by atoms with Gasteiger partial charge in [0, 0.05) is 30.5 Å². The Morgan fingerprint density at radius 3 is 2.74 bits per heavy atom. The number of anilines is 1. The Labute approximate surface area is 191 Å². The van der Waals surface area contributed by atoms with Crippen molar-refractivity contribution in [2.45, 2.75) is 71.9 Å². The van der Waals surface area contributed by atoms with Gasteiger partial charge in [0.2, 0.25) is 11.0 Å². The second-order valence-corrected chi connectivity index (χ2v) is 9.32. The highest BCUT2D eigenvalue weighted by Gasteiger charge is 2.33. The average molecular weight is 444 g/mol. The van der Waals surface area contributed by atoms with Crippen LogP contribution in [-0.2, 0) is 11.2 Å². The quantitative estimate of drug-likeness (QED) is 0.568. The van der Waals surface area contributed by atoms with E-state index in [2.05, 4.69) is 71.5 Å². The summed E-state index contributed by atoms with van der Waals surface area (Å²) in [5.41, 5.74) is 2.47. The standard InChI is InChI=1S/C24H37N5OS/c1-5-28(6-2)15-7-9-19(4)25-23(30)21-10-8-16-29(21)24-26-22(27-31-24)17-20-13-11-18(3)12-14-20/h11-14,19,21H,5-10,15-17H2,1-4H3,(H,25,30). The van der Waals surface area contributed by atoms with E-state index < -0.39 is 0 Å². The Bertz CT molecular complexity index is 818. The van der Waals surface area contributed by atoms with Crippen LogP contribution in [0, 0.1) is 6.92 Å². The van der Waals surface area contributed by atoms with Gasteiger partial charge in [-0.3, -0.25) is 4.79 Å². The summed E-state index contributed by atoms with van der Waals surface area (Å²) in [5, 5.41) is 4.11. The van der Waals surface area contributed by atoms with Gasteiger partial charge in [-0.05, 0) is 64.7 Å². The Hall–Kier alpha value is -1.99. The molecule has 7 heteroatoms. The van der Waals surface area contributed by atoms with Crippen LogP contribution in [0.4, 0.5) is 5.13 Å². The Morgan fingerprint density at radius 1 is 1.29 bits per heavy atom. The van der Waals surface area contributed by atoms with Gasteiger partial charge < -0.3 is 15.1 Å². The number of aryl methyl sites for hydroxylation is 1. The molecule has 1 aromatic heterocycles. The van der Waals surface area contributed by atoms with E-state index in [1.165, 1.54) is 22.7 Å². The van der Waals surface area contributed by atoms with Crippen LogP contribution in [0.25, 0.3) is 0 Å². The van der Waals surface area contributed by atoms with Crippen LogP contribution >= 0.6 is 11.5 Å². The van der Waals surface area contributed by atoms with E-state index in [1.807, 2.05) is 0 Å². The molecule has 0 bridgehead atoms. The lowest BCUT2D eigenvalue weighted by Gasteiger charge is -2.25. The number of carbonyl (C=O) groups excluding carboxylic acids is 1. The lowest BCUT2D eigenvalue weighted by atomic mass is 10.1. The first-order valence-electron chi connectivity index (χ1n) is 11.7. The van der Waals surface area contributed by atoms with Crippen LogP contribution in [0.2, 0.25) is 0 Å². The first kappa shape index (κ1) is 23.7. The summed E-state index contributed by atoms with van der Waals surface area (Å²) >= 11 is 1.41. The van der Waals surface area contributed by atoms with E-state index >= 15 is 0 Å². The summed E-state index contributed by atoms with van der Waals surface area (Å²) in [7, 11) is 0. The Kier molecular flexibility index (Phi) is 8.84. The predicted molar refractivity (Wildman–Crippen MR) is 129 cm³/mol. The van der Waals surface area contributed by atoms with Crippen LogP contribution in [0.3, 0.4) is 0 Å². The van der Waals surface area contributed by atoms with E-state index in [1.54, 1.807) is 0 Å². The molecule has 2 atom stereocenters. The molecule has 170 valence electrons. The molecule has 2 heterocycles. The van der Waals surface area contributed by atoms with Gasteiger partial charge in [-0.2, -0.15) is 4.37 Å². The van der Waals surface area contributed by atoms with Gasteiger partial charge in [0.05, 0.1) is 0 Å². The summed E-state index contributed by atoms with van der Waals surface area (Å²) in [6.07, 6.45) is 4.74. The summed E-state index contributed by atoms with van der Waals surface area (Å²) in [6, 6.07) is 8.55. The molecule has 3 rings (SSSR count). The summed E-state index contributed by atoms with van der Waals surface area (Å²) in [6.45, 7) is 12.7. The van der Waals surface area contributed by atoms with Crippen molar-refractivity contribution in [2.75, 3.05) is 31.1 Å². The molecule has 1 N–H and O–H groups in total. The minimum atomic E-state index is -0.134. The largest absolute Gasteiger partial charge is 0.352 e. The molecule has 1 aliphatic rings. The van der Waals surface area contributed by atoms with Crippen molar-refractivity contribution in [3.05, 3.63) is 41.2 Å². The fourth-order valence-electron chi connectivity index (χ4n) is 4.16. The minimum Gasteiger partial charge on any atom is -0.352 e. The fourth-order valence-corrected chi connectivity index (χ4v) is 4.92. The number of aromatic nitrogens is 2. The zero-order valence-corrected chi connectivity index (χ0v) is 20.2. The second kappa shape index (κ2) is 11.6. The van der Waals surface area contributed by atoms with Gasteiger partial charge in [0.15, 0.2) is 0 Å². The molecule has 1 aromatic carbocycles.